The predicted octanol–water partition coefficient (Wildman–Crippen LogP) is 3.12. The van der Waals surface area contributed by atoms with Crippen LogP contribution in [0.3, 0.4) is 0 Å². The largest absolute Gasteiger partial charge is 0.351 e. The highest BCUT2D eigenvalue weighted by atomic mass is 35.5. The van der Waals surface area contributed by atoms with Gasteiger partial charge in [0.15, 0.2) is 0 Å². The van der Waals surface area contributed by atoms with Gasteiger partial charge in [-0.05, 0) is 43.2 Å². The van der Waals surface area contributed by atoms with Gasteiger partial charge in [0.25, 0.3) is 0 Å². The lowest BCUT2D eigenvalue weighted by Gasteiger charge is -2.26. The molecule has 0 aromatic heterocycles. The summed E-state index contributed by atoms with van der Waals surface area (Å²) in [5, 5.41) is 3.50. The molecule has 0 spiro atoms. The van der Waals surface area contributed by atoms with E-state index in [0.29, 0.717) is 17.1 Å². The van der Waals surface area contributed by atoms with Crippen LogP contribution in [0.1, 0.15) is 25.0 Å². The zero-order valence-electron chi connectivity index (χ0n) is 17.2. The fraction of sp³-hybridized carbons (Fsp3) is 0.381. The molecule has 0 unspecified atom stereocenters. The number of hydrogen-bond donors (Lipinski definition) is 1. The molecule has 0 heterocycles. The minimum absolute atomic E-state index is 0.144. The first kappa shape index (κ1) is 23.3. The van der Waals surface area contributed by atoms with Crippen molar-refractivity contribution in [3.8, 4) is 0 Å². The number of benzene rings is 2. The lowest BCUT2D eigenvalue weighted by molar-refractivity contribution is -0.123. The summed E-state index contributed by atoms with van der Waals surface area (Å²) in [6.07, 6.45) is 0. The summed E-state index contributed by atoms with van der Waals surface area (Å²) < 4.78 is 26.1. The number of nitrogens with zero attached hydrogens (tertiary/aromatic N) is 2. The van der Waals surface area contributed by atoms with Crippen LogP contribution in [-0.2, 0) is 27.9 Å². The topological polar surface area (TPSA) is 69.7 Å². The highest BCUT2D eigenvalue weighted by molar-refractivity contribution is 7.89. The summed E-state index contributed by atoms with van der Waals surface area (Å²) in [4.78, 5) is 14.8. The Morgan fingerprint density at radius 1 is 1.10 bits per heavy atom. The van der Waals surface area contributed by atoms with Crippen LogP contribution < -0.4 is 5.32 Å². The monoisotopic (exact) mass is 437 g/mol. The first-order chi connectivity index (χ1) is 13.6. The molecule has 0 saturated heterocycles. The summed E-state index contributed by atoms with van der Waals surface area (Å²) >= 11 is 6.05. The number of rotatable bonds is 9. The average molecular weight is 438 g/mol. The van der Waals surface area contributed by atoms with Crippen LogP contribution in [0.5, 0.6) is 0 Å². The predicted molar refractivity (Wildman–Crippen MR) is 116 cm³/mol. The van der Waals surface area contributed by atoms with Crippen molar-refractivity contribution in [3.05, 3.63) is 64.7 Å². The Hall–Kier alpha value is -1.93. The van der Waals surface area contributed by atoms with Gasteiger partial charge < -0.3 is 5.32 Å². The first-order valence-electron chi connectivity index (χ1n) is 9.37. The molecule has 8 heteroatoms. The second-order valence-corrected chi connectivity index (χ2v) is 9.86. The third-order valence-electron chi connectivity index (χ3n) is 4.56. The lowest BCUT2D eigenvalue weighted by Crippen LogP contribution is -2.40. The van der Waals surface area contributed by atoms with Gasteiger partial charge in [-0.15, -0.1) is 0 Å². The molecular formula is C21H28ClN3O3S. The SMILES string of the molecule is CC(C)N(CC(=O)NCc1ccccc1S(=O)(=O)N(C)C)Cc1cccc(Cl)c1. The highest BCUT2D eigenvalue weighted by Gasteiger charge is 2.21. The van der Waals surface area contributed by atoms with Gasteiger partial charge in [-0.1, -0.05) is 41.9 Å². The Labute approximate surface area is 178 Å². The fourth-order valence-corrected chi connectivity index (χ4v) is 4.15. The van der Waals surface area contributed by atoms with E-state index in [1.807, 2.05) is 43.0 Å². The molecule has 2 aromatic rings. The second kappa shape index (κ2) is 10.2. The van der Waals surface area contributed by atoms with Crippen molar-refractivity contribution in [1.82, 2.24) is 14.5 Å². The van der Waals surface area contributed by atoms with Gasteiger partial charge in [-0.3, -0.25) is 9.69 Å². The molecule has 0 saturated carbocycles. The molecular weight excluding hydrogens is 410 g/mol. The van der Waals surface area contributed by atoms with Crippen molar-refractivity contribution in [2.45, 2.75) is 37.9 Å². The van der Waals surface area contributed by atoms with Crippen LogP contribution in [0.2, 0.25) is 5.02 Å². The lowest BCUT2D eigenvalue weighted by atomic mass is 10.2. The standard InChI is InChI=1S/C21H28ClN3O3S/c1-16(2)25(14-17-8-7-10-19(22)12-17)15-21(26)23-13-18-9-5-6-11-20(18)29(27,28)24(3)4/h5-12,16H,13-15H2,1-4H3,(H,23,26). The molecule has 0 radical (unpaired) electrons. The van der Waals surface area contributed by atoms with Crippen LogP contribution in [0.4, 0.5) is 0 Å². The average Bonchev–Trinajstić information content (AvgIpc) is 2.66. The summed E-state index contributed by atoms with van der Waals surface area (Å²) in [7, 11) is -0.603. The van der Waals surface area contributed by atoms with Gasteiger partial charge in [0.05, 0.1) is 11.4 Å². The van der Waals surface area contributed by atoms with E-state index in [4.69, 9.17) is 11.6 Å². The Balaban J connectivity index is 2.05. The van der Waals surface area contributed by atoms with Gasteiger partial charge in [-0.2, -0.15) is 0 Å². The number of sulfonamides is 1. The molecule has 0 aliphatic rings. The molecule has 158 valence electrons. The summed E-state index contributed by atoms with van der Waals surface area (Å²) in [6.45, 7) is 4.99. The van der Waals surface area contributed by atoms with Crippen LogP contribution >= 0.6 is 11.6 Å². The number of carbonyl (C=O) groups excluding carboxylic acids is 1. The molecule has 0 bridgehead atoms. The quantitative estimate of drug-likeness (QED) is 0.654. The van der Waals surface area contributed by atoms with Crippen LogP contribution in [0.15, 0.2) is 53.4 Å². The first-order valence-corrected chi connectivity index (χ1v) is 11.2. The fourth-order valence-electron chi connectivity index (χ4n) is 2.82. The minimum atomic E-state index is -3.58. The minimum Gasteiger partial charge on any atom is -0.351 e. The van der Waals surface area contributed by atoms with Crippen molar-refractivity contribution < 1.29 is 13.2 Å². The zero-order valence-corrected chi connectivity index (χ0v) is 18.8. The van der Waals surface area contributed by atoms with Gasteiger partial charge in [0, 0.05) is 38.2 Å². The zero-order chi connectivity index (χ0) is 21.6. The Morgan fingerprint density at radius 3 is 2.41 bits per heavy atom. The van der Waals surface area contributed by atoms with E-state index in [9.17, 15) is 13.2 Å². The maximum atomic E-state index is 12.5. The maximum Gasteiger partial charge on any atom is 0.242 e. The second-order valence-electron chi connectivity index (χ2n) is 7.30. The van der Waals surface area contributed by atoms with E-state index in [1.165, 1.54) is 18.4 Å². The summed E-state index contributed by atoms with van der Waals surface area (Å²) in [5.74, 6) is -0.169. The third-order valence-corrected chi connectivity index (χ3v) is 6.71. The van der Waals surface area contributed by atoms with E-state index in [1.54, 1.807) is 24.3 Å². The van der Waals surface area contributed by atoms with Crippen molar-refractivity contribution in [3.63, 3.8) is 0 Å². The highest BCUT2D eigenvalue weighted by Crippen LogP contribution is 2.18. The van der Waals surface area contributed by atoms with Crippen molar-refractivity contribution in [2.24, 2.45) is 0 Å². The molecule has 2 aromatic carbocycles. The third kappa shape index (κ3) is 6.54. The number of amides is 1. The number of halogens is 1. The molecule has 29 heavy (non-hydrogen) atoms. The van der Waals surface area contributed by atoms with Gasteiger partial charge in [0.2, 0.25) is 15.9 Å². The molecule has 2 rings (SSSR count). The van der Waals surface area contributed by atoms with Crippen molar-refractivity contribution in [2.75, 3.05) is 20.6 Å². The molecule has 1 N–H and O–H groups in total. The Morgan fingerprint density at radius 2 is 1.79 bits per heavy atom. The van der Waals surface area contributed by atoms with E-state index in [0.717, 1.165) is 5.56 Å². The molecule has 0 atom stereocenters. The molecule has 0 aliphatic heterocycles. The van der Waals surface area contributed by atoms with E-state index >= 15 is 0 Å². The van der Waals surface area contributed by atoms with Gasteiger partial charge in [0.1, 0.15) is 0 Å². The number of hydrogen-bond acceptors (Lipinski definition) is 4. The van der Waals surface area contributed by atoms with Gasteiger partial charge >= 0.3 is 0 Å². The van der Waals surface area contributed by atoms with Crippen LogP contribution in [0.25, 0.3) is 0 Å². The Bertz CT molecular complexity index is 946. The van der Waals surface area contributed by atoms with E-state index in [2.05, 4.69) is 5.32 Å². The normalized spacial score (nSPS) is 12.0. The Kier molecular flexibility index (Phi) is 8.22. The van der Waals surface area contributed by atoms with Crippen molar-refractivity contribution in [1.29, 1.82) is 0 Å². The van der Waals surface area contributed by atoms with E-state index in [-0.39, 0.29) is 29.9 Å². The molecule has 0 fully saturated rings. The molecule has 6 nitrogen and oxygen atoms in total. The van der Waals surface area contributed by atoms with Gasteiger partial charge in [-0.25, -0.2) is 12.7 Å². The summed E-state index contributed by atoms with van der Waals surface area (Å²) in [5.41, 5.74) is 1.59. The maximum absolute atomic E-state index is 12.5. The van der Waals surface area contributed by atoms with Crippen LogP contribution in [0, 0.1) is 0 Å². The smallest absolute Gasteiger partial charge is 0.242 e. The van der Waals surface area contributed by atoms with Crippen molar-refractivity contribution >= 4 is 27.5 Å². The number of carbonyl (C=O) groups is 1. The van der Waals surface area contributed by atoms with E-state index < -0.39 is 10.0 Å². The van der Waals surface area contributed by atoms with Crippen LogP contribution in [-0.4, -0.2) is 50.2 Å². The molecule has 0 aliphatic carbocycles. The molecule has 1 amide bonds. The summed E-state index contributed by atoms with van der Waals surface area (Å²) in [6, 6.07) is 14.4. The number of nitrogens with one attached hydrogen (secondary N) is 1.